The topological polar surface area (TPSA) is 26.3 Å². The largest absolute Gasteiger partial charge is 0.465 e. The third kappa shape index (κ3) is 4.78. The molecule has 2 nitrogen and oxygen atoms in total. The predicted octanol–water partition coefficient (Wildman–Crippen LogP) is 3.63. The minimum Gasteiger partial charge on any atom is -0.465 e. The van der Waals surface area contributed by atoms with E-state index in [1.54, 1.807) is 6.92 Å². The van der Waals surface area contributed by atoms with Crippen molar-refractivity contribution in [2.45, 2.75) is 31.9 Å². The quantitative estimate of drug-likeness (QED) is 0.608. The van der Waals surface area contributed by atoms with Gasteiger partial charge < -0.3 is 4.74 Å². The summed E-state index contributed by atoms with van der Waals surface area (Å²) in [6, 6.07) is 10.0. The summed E-state index contributed by atoms with van der Waals surface area (Å²) < 4.78 is 5.22. The molecule has 1 rings (SSSR count). The predicted molar refractivity (Wildman–Crippen MR) is 81.0 cm³/mol. The molecule has 0 unspecified atom stereocenters. The van der Waals surface area contributed by atoms with Crippen molar-refractivity contribution in [2.75, 3.05) is 6.61 Å². The molecule has 0 aliphatic rings. The summed E-state index contributed by atoms with van der Waals surface area (Å²) in [6.45, 7) is 5.88. The van der Waals surface area contributed by atoms with Crippen LogP contribution in [0.2, 0.25) is 0 Å². The van der Waals surface area contributed by atoms with Crippen LogP contribution in [0.15, 0.2) is 30.3 Å². The molecule has 0 radical (unpaired) electrons. The molecule has 0 aliphatic carbocycles. The molecule has 0 aromatic heterocycles. The van der Waals surface area contributed by atoms with Crippen LogP contribution in [0.1, 0.15) is 26.3 Å². The number of rotatable bonds is 5. The summed E-state index contributed by atoms with van der Waals surface area (Å²) in [5.41, 5.74) is 1.16. The summed E-state index contributed by atoms with van der Waals surface area (Å²) >= 11 is 6.74. The number of hydrogen-bond donors (Lipinski definition) is 0. The fourth-order valence-electron chi connectivity index (χ4n) is 1.43. The number of esters is 1. The van der Waals surface area contributed by atoms with Crippen LogP contribution in [0.3, 0.4) is 0 Å². The third-order valence-electron chi connectivity index (χ3n) is 2.33. The van der Waals surface area contributed by atoms with Crippen LogP contribution in [-0.2, 0) is 16.0 Å². The number of carbonyl (C=O) groups is 1. The van der Waals surface area contributed by atoms with E-state index in [2.05, 4.69) is 0 Å². The van der Waals surface area contributed by atoms with Gasteiger partial charge in [-0.3, -0.25) is 4.79 Å². The Morgan fingerprint density at radius 3 is 2.50 bits per heavy atom. The average Bonchev–Trinajstić information content (AvgIpc) is 2.29. The molecular formula is C14H18O2S2. The molecule has 0 amide bonds. The third-order valence-corrected chi connectivity index (χ3v) is 3.77. The number of carbonyl (C=O) groups excluding carboxylic acids is 1. The molecule has 98 valence electrons. The Labute approximate surface area is 118 Å². The van der Waals surface area contributed by atoms with Crippen LogP contribution in [0.5, 0.6) is 0 Å². The monoisotopic (exact) mass is 282 g/mol. The van der Waals surface area contributed by atoms with E-state index in [9.17, 15) is 4.79 Å². The first-order chi connectivity index (χ1) is 8.45. The van der Waals surface area contributed by atoms with Crippen LogP contribution < -0.4 is 0 Å². The summed E-state index contributed by atoms with van der Waals surface area (Å²) in [7, 11) is 0. The second kappa shape index (κ2) is 6.90. The second-order valence-electron chi connectivity index (χ2n) is 4.37. The minimum atomic E-state index is -0.623. The van der Waals surface area contributed by atoms with Crippen molar-refractivity contribution in [3.63, 3.8) is 0 Å². The van der Waals surface area contributed by atoms with Gasteiger partial charge in [-0.25, -0.2) is 0 Å². The highest BCUT2D eigenvalue weighted by atomic mass is 32.2. The van der Waals surface area contributed by atoms with E-state index in [1.165, 1.54) is 11.8 Å². The first-order valence-electron chi connectivity index (χ1n) is 5.88. The Bertz CT molecular complexity index is 413. The summed E-state index contributed by atoms with van der Waals surface area (Å²) in [6.07, 6.45) is 0.698. The summed E-state index contributed by atoms with van der Waals surface area (Å²) in [5.74, 6) is -0.217. The number of thioether (sulfide) groups is 1. The molecule has 0 bridgehead atoms. The van der Waals surface area contributed by atoms with Crippen molar-refractivity contribution in [1.29, 1.82) is 0 Å². The normalized spacial score (nSPS) is 11.1. The summed E-state index contributed by atoms with van der Waals surface area (Å²) in [4.78, 5) is 11.8. The molecule has 0 saturated heterocycles. The Kier molecular flexibility index (Phi) is 5.82. The summed E-state index contributed by atoms with van der Waals surface area (Å²) in [5, 5.41) is 0. The van der Waals surface area contributed by atoms with E-state index in [1.807, 2.05) is 44.2 Å². The fourth-order valence-corrected chi connectivity index (χ4v) is 3.17. The minimum absolute atomic E-state index is 0.217. The Morgan fingerprint density at radius 1 is 1.33 bits per heavy atom. The maximum atomic E-state index is 11.8. The van der Waals surface area contributed by atoms with Gasteiger partial charge in [0.1, 0.15) is 4.75 Å². The van der Waals surface area contributed by atoms with Gasteiger partial charge in [-0.1, -0.05) is 42.5 Å². The van der Waals surface area contributed by atoms with Gasteiger partial charge in [-0.15, -0.1) is 11.8 Å². The van der Waals surface area contributed by atoms with Gasteiger partial charge in [0, 0.05) is 6.42 Å². The van der Waals surface area contributed by atoms with Crippen molar-refractivity contribution in [3.05, 3.63) is 35.9 Å². The van der Waals surface area contributed by atoms with Crippen molar-refractivity contribution in [1.82, 2.24) is 0 Å². The van der Waals surface area contributed by atoms with Gasteiger partial charge >= 0.3 is 5.97 Å². The van der Waals surface area contributed by atoms with Gasteiger partial charge in [0.25, 0.3) is 0 Å². The maximum absolute atomic E-state index is 11.8. The van der Waals surface area contributed by atoms with E-state index in [0.717, 1.165) is 9.76 Å². The zero-order valence-corrected chi connectivity index (χ0v) is 12.6. The first kappa shape index (κ1) is 15.2. The molecule has 0 saturated carbocycles. The van der Waals surface area contributed by atoms with E-state index in [4.69, 9.17) is 17.0 Å². The molecule has 0 spiro atoms. The molecule has 0 heterocycles. The van der Waals surface area contributed by atoms with Crippen molar-refractivity contribution < 1.29 is 9.53 Å². The lowest BCUT2D eigenvalue weighted by atomic mass is 10.2. The van der Waals surface area contributed by atoms with Gasteiger partial charge in [-0.2, -0.15) is 0 Å². The van der Waals surface area contributed by atoms with Gasteiger partial charge in [0.15, 0.2) is 0 Å². The van der Waals surface area contributed by atoms with Crippen LogP contribution >= 0.6 is 24.0 Å². The Balaban J connectivity index is 2.56. The standard InChI is InChI=1S/C14H18O2S2/c1-4-16-13(15)14(2,3)18-12(17)10-11-8-6-5-7-9-11/h5-9H,4,10H2,1-3H3. The number of hydrogen-bond acceptors (Lipinski definition) is 4. The highest BCUT2D eigenvalue weighted by Crippen LogP contribution is 2.28. The SMILES string of the molecule is CCOC(=O)C(C)(C)SC(=S)Cc1ccccc1. The zero-order valence-electron chi connectivity index (χ0n) is 10.9. The van der Waals surface area contributed by atoms with Gasteiger partial charge in [0.2, 0.25) is 0 Å². The molecule has 0 atom stereocenters. The number of benzene rings is 1. The molecule has 0 aliphatic heterocycles. The van der Waals surface area contributed by atoms with Crippen LogP contribution in [-0.4, -0.2) is 21.5 Å². The lowest BCUT2D eigenvalue weighted by molar-refractivity contribution is -0.145. The second-order valence-corrected chi connectivity index (χ2v) is 6.84. The maximum Gasteiger partial charge on any atom is 0.322 e. The van der Waals surface area contributed by atoms with Gasteiger partial charge in [0.05, 0.1) is 10.8 Å². The molecule has 18 heavy (non-hydrogen) atoms. The van der Waals surface area contributed by atoms with E-state index in [-0.39, 0.29) is 5.97 Å². The first-order valence-corrected chi connectivity index (χ1v) is 7.11. The lowest BCUT2D eigenvalue weighted by Gasteiger charge is -2.21. The number of ether oxygens (including phenoxy) is 1. The van der Waals surface area contributed by atoms with Crippen LogP contribution in [0, 0.1) is 0 Å². The fraction of sp³-hybridized carbons (Fsp3) is 0.429. The molecule has 1 aromatic carbocycles. The van der Waals surface area contributed by atoms with E-state index >= 15 is 0 Å². The lowest BCUT2D eigenvalue weighted by Crippen LogP contribution is -2.31. The molecular weight excluding hydrogens is 264 g/mol. The zero-order chi connectivity index (χ0) is 13.6. The van der Waals surface area contributed by atoms with Crippen molar-refractivity contribution in [2.24, 2.45) is 0 Å². The molecule has 0 fully saturated rings. The molecule has 4 heteroatoms. The Hall–Kier alpha value is -0.870. The highest BCUT2D eigenvalue weighted by Gasteiger charge is 2.31. The van der Waals surface area contributed by atoms with E-state index < -0.39 is 4.75 Å². The Morgan fingerprint density at radius 2 is 1.94 bits per heavy atom. The van der Waals surface area contributed by atoms with Crippen LogP contribution in [0.4, 0.5) is 0 Å². The molecule has 1 aromatic rings. The van der Waals surface area contributed by atoms with Crippen molar-refractivity contribution >= 4 is 34.1 Å². The highest BCUT2D eigenvalue weighted by molar-refractivity contribution is 8.24. The smallest absolute Gasteiger partial charge is 0.322 e. The van der Waals surface area contributed by atoms with Gasteiger partial charge in [-0.05, 0) is 26.3 Å². The van der Waals surface area contributed by atoms with Crippen molar-refractivity contribution in [3.8, 4) is 0 Å². The van der Waals surface area contributed by atoms with E-state index in [0.29, 0.717) is 13.0 Å². The average molecular weight is 282 g/mol. The van der Waals surface area contributed by atoms with Crippen LogP contribution in [0.25, 0.3) is 0 Å². The number of thiocarbonyl (C=S) groups is 1. The molecule has 0 N–H and O–H groups in total.